The van der Waals surface area contributed by atoms with Crippen LogP contribution in [0.2, 0.25) is 0 Å². The highest BCUT2D eigenvalue weighted by Gasteiger charge is 2.42. The lowest BCUT2D eigenvalue weighted by atomic mass is 10.0. The van der Waals surface area contributed by atoms with Gasteiger partial charge in [0.2, 0.25) is 5.91 Å². The minimum atomic E-state index is -0.0464. The zero-order valence-electron chi connectivity index (χ0n) is 17.9. The van der Waals surface area contributed by atoms with E-state index in [1.54, 1.807) is 0 Å². The molecule has 0 aliphatic carbocycles. The summed E-state index contributed by atoms with van der Waals surface area (Å²) < 4.78 is 16.2. The van der Waals surface area contributed by atoms with Gasteiger partial charge in [-0.1, -0.05) is 6.42 Å². The molecule has 0 aromatic heterocycles. The van der Waals surface area contributed by atoms with Crippen molar-refractivity contribution >= 4 is 23.7 Å². The predicted molar refractivity (Wildman–Crippen MR) is 118 cm³/mol. The second-order valence-corrected chi connectivity index (χ2v) is 8.82. The van der Waals surface area contributed by atoms with Gasteiger partial charge in [-0.15, -0.1) is 0 Å². The normalized spacial score (nSPS) is 22.6. The first-order valence-electron chi connectivity index (χ1n) is 11.1. The van der Waals surface area contributed by atoms with E-state index in [4.69, 9.17) is 19.9 Å². The molecule has 0 spiro atoms. The van der Waals surface area contributed by atoms with E-state index in [1.807, 2.05) is 11.8 Å². The van der Waals surface area contributed by atoms with E-state index in [9.17, 15) is 9.59 Å². The number of unbranched alkanes of at least 4 members (excludes halogenated alkanes) is 1. The first kappa shape index (κ1) is 25.2. The van der Waals surface area contributed by atoms with Crippen LogP contribution >= 0.6 is 11.8 Å². The Morgan fingerprint density at radius 2 is 1.70 bits per heavy atom. The number of nitrogens with two attached hydrogens (primary N) is 1. The molecule has 3 atom stereocenters. The maximum absolute atomic E-state index is 11.9. The number of nitrogens with one attached hydrogen (secondary N) is 3. The Morgan fingerprint density at radius 3 is 2.43 bits per heavy atom. The molecule has 5 N–H and O–H groups in total. The van der Waals surface area contributed by atoms with Crippen LogP contribution in [0.1, 0.15) is 38.5 Å². The molecule has 30 heavy (non-hydrogen) atoms. The van der Waals surface area contributed by atoms with Crippen molar-refractivity contribution in [1.29, 1.82) is 0 Å². The van der Waals surface area contributed by atoms with E-state index in [-0.39, 0.29) is 24.0 Å². The highest BCUT2D eigenvalue weighted by atomic mass is 32.2. The second-order valence-electron chi connectivity index (χ2n) is 7.55. The van der Waals surface area contributed by atoms with Gasteiger partial charge in [0, 0.05) is 37.2 Å². The fraction of sp³-hybridized carbons (Fsp3) is 0.900. The number of thioether (sulfide) groups is 1. The van der Waals surface area contributed by atoms with Gasteiger partial charge in [-0.25, -0.2) is 4.79 Å². The molecule has 2 saturated heterocycles. The number of fused-ring (bicyclic) bond motifs is 1. The first-order chi connectivity index (χ1) is 14.7. The maximum Gasteiger partial charge on any atom is 0.315 e. The summed E-state index contributed by atoms with van der Waals surface area (Å²) in [5.41, 5.74) is 5.38. The lowest BCUT2D eigenvalue weighted by molar-refractivity contribution is -0.121. The molecule has 0 saturated carbocycles. The van der Waals surface area contributed by atoms with Crippen LogP contribution in [-0.2, 0) is 19.0 Å². The fourth-order valence-electron chi connectivity index (χ4n) is 3.49. The van der Waals surface area contributed by atoms with Gasteiger partial charge in [-0.2, -0.15) is 11.8 Å². The van der Waals surface area contributed by atoms with Crippen molar-refractivity contribution in [3.8, 4) is 0 Å². The lowest BCUT2D eigenvalue weighted by Crippen LogP contribution is -2.36. The van der Waals surface area contributed by atoms with Crippen molar-refractivity contribution in [1.82, 2.24) is 16.0 Å². The summed E-state index contributed by atoms with van der Waals surface area (Å²) >= 11 is 1.92. The third-order valence-electron chi connectivity index (χ3n) is 5.11. The third-order valence-corrected chi connectivity index (χ3v) is 6.61. The quantitative estimate of drug-likeness (QED) is 0.180. The maximum atomic E-state index is 11.9. The summed E-state index contributed by atoms with van der Waals surface area (Å²) in [7, 11) is 0. The van der Waals surface area contributed by atoms with Crippen molar-refractivity contribution in [2.24, 2.45) is 5.73 Å². The van der Waals surface area contributed by atoms with Gasteiger partial charge in [-0.3, -0.25) is 4.79 Å². The number of carbonyl (C=O) groups excluding carboxylic acids is 2. The van der Waals surface area contributed by atoms with Crippen LogP contribution in [0.5, 0.6) is 0 Å². The minimum absolute atomic E-state index is 0.0464. The van der Waals surface area contributed by atoms with Crippen molar-refractivity contribution in [2.75, 3.05) is 58.5 Å². The lowest BCUT2D eigenvalue weighted by Gasteiger charge is -2.16. The van der Waals surface area contributed by atoms with Crippen molar-refractivity contribution < 1.29 is 23.8 Å². The standard InChI is InChI=1S/C20H38N4O5S/c21-7-3-9-27-11-13-29-14-12-28-10-4-8-22-18(25)6-2-1-5-17-19-16(15-30-17)23-20(26)24-19/h16-17,19H,1-15,21H2,(H,22,25)(H2,23,24,26)/t16?,17-,19?/m0/s1. The van der Waals surface area contributed by atoms with Gasteiger partial charge < -0.3 is 35.9 Å². The van der Waals surface area contributed by atoms with Crippen LogP contribution in [0.25, 0.3) is 0 Å². The molecule has 2 fully saturated rings. The third kappa shape index (κ3) is 10.3. The zero-order valence-corrected chi connectivity index (χ0v) is 18.7. The van der Waals surface area contributed by atoms with Crippen molar-refractivity contribution in [3.63, 3.8) is 0 Å². The number of urea groups is 1. The molecule has 10 heteroatoms. The summed E-state index contributed by atoms with van der Waals surface area (Å²) in [4.78, 5) is 23.3. The molecule has 2 unspecified atom stereocenters. The SMILES string of the molecule is NCCCOCCOCCOCCCNC(=O)CCCC[C@@H]1SCC2NC(=O)NC21. The Morgan fingerprint density at radius 1 is 1.00 bits per heavy atom. The average molecular weight is 447 g/mol. The molecule has 0 aromatic rings. The first-order valence-corrected chi connectivity index (χ1v) is 12.1. The topological polar surface area (TPSA) is 124 Å². The second kappa shape index (κ2) is 15.7. The summed E-state index contributed by atoms with van der Waals surface area (Å²) in [6, 6.07) is 0.469. The molecule has 0 radical (unpaired) electrons. The summed E-state index contributed by atoms with van der Waals surface area (Å²) in [5.74, 6) is 1.08. The number of hydrogen-bond donors (Lipinski definition) is 4. The van der Waals surface area contributed by atoms with E-state index in [2.05, 4.69) is 16.0 Å². The van der Waals surface area contributed by atoms with Crippen molar-refractivity contribution in [3.05, 3.63) is 0 Å². The van der Waals surface area contributed by atoms with Gasteiger partial charge >= 0.3 is 6.03 Å². The molecule has 0 aromatic carbocycles. The molecule has 3 amide bonds. The summed E-state index contributed by atoms with van der Waals surface area (Å²) in [6.45, 7) is 4.82. The van der Waals surface area contributed by atoms with Crippen LogP contribution in [0.15, 0.2) is 0 Å². The number of carbonyl (C=O) groups is 2. The molecule has 9 nitrogen and oxygen atoms in total. The molecule has 2 rings (SSSR count). The monoisotopic (exact) mass is 446 g/mol. The zero-order chi connectivity index (χ0) is 21.4. The Kier molecular flexibility index (Phi) is 13.2. The van der Waals surface area contributed by atoms with E-state index in [0.717, 1.165) is 37.9 Å². The van der Waals surface area contributed by atoms with Gasteiger partial charge in [-0.05, 0) is 32.2 Å². The Labute approximate surface area is 183 Å². The van der Waals surface area contributed by atoms with E-state index in [1.165, 1.54) is 0 Å². The number of hydrogen-bond acceptors (Lipinski definition) is 7. The fourth-order valence-corrected chi connectivity index (χ4v) is 5.04. The van der Waals surface area contributed by atoms with Gasteiger partial charge in [0.1, 0.15) is 0 Å². The molecule has 2 heterocycles. The molecule has 174 valence electrons. The summed E-state index contributed by atoms with van der Waals surface area (Å²) in [5, 5.41) is 9.36. The number of amides is 3. The van der Waals surface area contributed by atoms with E-state index < -0.39 is 0 Å². The molecule has 0 bridgehead atoms. The number of ether oxygens (including phenoxy) is 3. The Bertz CT molecular complexity index is 500. The Balaban J connectivity index is 1.31. The van der Waals surface area contributed by atoms with Crippen LogP contribution in [-0.4, -0.2) is 87.8 Å². The highest BCUT2D eigenvalue weighted by molar-refractivity contribution is 8.00. The highest BCUT2D eigenvalue weighted by Crippen LogP contribution is 2.33. The van der Waals surface area contributed by atoms with E-state index in [0.29, 0.717) is 64.4 Å². The average Bonchev–Trinajstić information content (AvgIpc) is 3.28. The van der Waals surface area contributed by atoms with Crippen LogP contribution < -0.4 is 21.7 Å². The van der Waals surface area contributed by atoms with Crippen LogP contribution in [0.4, 0.5) is 4.79 Å². The van der Waals surface area contributed by atoms with Gasteiger partial charge in [0.05, 0.1) is 38.5 Å². The number of rotatable bonds is 18. The largest absolute Gasteiger partial charge is 0.379 e. The smallest absolute Gasteiger partial charge is 0.315 e. The summed E-state index contributed by atoms with van der Waals surface area (Å²) in [6.07, 6.45) is 5.15. The predicted octanol–water partition coefficient (Wildman–Crippen LogP) is 0.617. The van der Waals surface area contributed by atoms with Crippen molar-refractivity contribution in [2.45, 2.75) is 55.9 Å². The van der Waals surface area contributed by atoms with Crippen LogP contribution in [0, 0.1) is 0 Å². The Hall–Kier alpha value is -1.07. The molecular weight excluding hydrogens is 408 g/mol. The minimum Gasteiger partial charge on any atom is -0.379 e. The van der Waals surface area contributed by atoms with Gasteiger partial charge in [0.25, 0.3) is 0 Å². The van der Waals surface area contributed by atoms with E-state index >= 15 is 0 Å². The van der Waals surface area contributed by atoms with Crippen LogP contribution in [0.3, 0.4) is 0 Å². The molecular formula is C20H38N4O5S. The molecule has 2 aliphatic heterocycles. The van der Waals surface area contributed by atoms with Gasteiger partial charge in [0.15, 0.2) is 0 Å². The molecule has 2 aliphatic rings.